The van der Waals surface area contributed by atoms with Gasteiger partial charge in [-0.15, -0.1) is 6.42 Å². The van der Waals surface area contributed by atoms with Crippen LogP contribution in [-0.4, -0.2) is 29.2 Å². The second kappa shape index (κ2) is 3.40. The Morgan fingerprint density at radius 2 is 2.25 bits per heavy atom. The van der Waals surface area contributed by atoms with Gasteiger partial charge in [-0.3, -0.25) is 9.59 Å². The van der Waals surface area contributed by atoms with Crippen molar-refractivity contribution in [3.8, 4) is 12.3 Å². The van der Waals surface area contributed by atoms with Gasteiger partial charge in [-0.05, 0) is 6.92 Å². The van der Waals surface area contributed by atoms with Crippen LogP contribution in [0.25, 0.3) is 0 Å². The first-order valence-electron chi connectivity index (χ1n) is 3.92. The van der Waals surface area contributed by atoms with Gasteiger partial charge in [0.05, 0.1) is 12.5 Å². The van der Waals surface area contributed by atoms with Crippen molar-refractivity contribution in [2.45, 2.75) is 25.8 Å². The summed E-state index contributed by atoms with van der Waals surface area (Å²) in [5, 5.41) is 0. The van der Waals surface area contributed by atoms with Gasteiger partial charge in [0, 0.05) is 13.0 Å². The van der Waals surface area contributed by atoms with Crippen molar-refractivity contribution in [2.24, 2.45) is 0 Å². The van der Waals surface area contributed by atoms with Crippen LogP contribution in [0.4, 0.5) is 0 Å². The van der Waals surface area contributed by atoms with Crippen LogP contribution in [-0.2, 0) is 9.59 Å². The van der Waals surface area contributed by atoms with Crippen molar-refractivity contribution in [1.29, 1.82) is 0 Å². The number of Topliss-reactive ketones (excluding diaryl/α,β-unsaturated/α-hetero) is 1. The van der Waals surface area contributed by atoms with Gasteiger partial charge >= 0.3 is 0 Å². The number of nitrogens with zero attached hydrogens (tertiary/aromatic N) is 1. The van der Waals surface area contributed by atoms with Gasteiger partial charge in [0.1, 0.15) is 5.78 Å². The quantitative estimate of drug-likeness (QED) is 0.411. The molecular weight excluding hydrogens is 154 g/mol. The molecule has 0 saturated carbocycles. The number of hydrogen-bond acceptors (Lipinski definition) is 2. The van der Waals surface area contributed by atoms with Crippen molar-refractivity contribution in [2.75, 3.05) is 6.54 Å². The van der Waals surface area contributed by atoms with E-state index in [-0.39, 0.29) is 24.2 Å². The highest BCUT2D eigenvalue weighted by molar-refractivity contribution is 6.00. The average molecular weight is 165 g/mol. The number of carbonyl (C=O) groups excluding carboxylic acids is 2. The lowest BCUT2D eigenvalue weighted by Gasteiger charge is -2.28. The topological polar surface area (TPSA) is 37.4 Å². The first kappa shape index (κ1) is 8.79. The van der Waals surface area contributed by atoms with Crippen LogP contribution in [0.2, 0.25) is 0 Å². The Morgan fingerprint density at radius 3 is 2.75 bits per heavy atom. The van der Waals surface area contributed by atoms with Gasteiger partial charge in [-0.2, -0.15) is 0 Å². The molecule has 1 fully saturated rings. The number of ketones is 1. The molecule has 1 heterocycles. The third-order valence-electron chi connectivity index (χ3n) is 2.01. The molecule has 0 aromatic rings. The fourth-order valence-electron chi connectivity index (χ4n) is 1.23. The molecule has 1 aliphatic heterocycles. The van der Waals surface area contributed by atoms with Crippen LogP contribution in [0.1, 0.15) is 19.8 Å². The zero-order valence-corrected chi connectivity index (χ0v) is 7.04. The maximum atomic E-state index is 11.2. The molecule has 1 unspecified atom stereocenters. The zero-order chi connectivity index (χ0) is 9.14. The molecular formula is C9H11NO2. The molecule has 3 heteroatoms. The Morgan fingerprint density at radius 1 is 1.58 bits per heavy atom. The second-order valence-corrected chi connectivity index (χ2v) is 2.90. The van der Waals surface area contributed by atoms with E-state index in [0.29, 0.717) is 13.0 Å². The SMILES string of the molecule is C#CC(C)N1CCC(=O)CC1=O. The van der Waals surface area contributed by atoms with Gasteiger partial charge in [0.25, 0.3) is 0 Å². The standard InChI is InChI=1S/C9H11NO2/c1-3-7(2)10-5-4-8(11)6-9(10)12/h1,7H,4-6H2,2H3. The van der Waals surface area contributed by atoms with E-state index in [1.165, 1.54) is 0 Å². The number of hydrogen-bond donors (Lipinski definition) is 0. The first-order chi connectivity index (χ1) is 5.65. The summed E-state index contributed by atoms with van der Waals surface area (Å²) in [6.45, 7) is 2.26. The molecule has 0 aromatic heterocycles. The highest BCUT2D eigenvalue weighted by atomic mass is 16.2. The summed E-state index contributed by atoms with van der Waals surface area (Å²) in [7, 11) is 0. The Kier molecular flexibility index (Phi) is 2.49. The van der Waals surface area contributed by atoms with E-state index in [0.717, 1.165) is 0 Å². The fraction of sp³-hybridized carbons (Fsp3) is 0.556. The first-order valence-corrected chi connectivity index (χ1v) is 3.92. The highest BCUT2D eigenvalue weighted by Crippen LogP contribution is 2.10. The molecule has 64 valence electrons. The van der Waals surface area contributed by atoms with Crippen molar-refractivity contribution in [3.63, 3.8) is 0 Å². The van der Waals surface area contributed by atoms with Gasteiger partial charge in [0.15, 0.2) is 0 Å². The number of amides is 1. The van der Waals surface area contributed by atoms with Crippen LogP contribution in [0, 0.1) is 12.3 Å². The highest BCUT2D eigenvalue weighted by Gasteiger charge is 2.26. The van der Waals surface area contributed by atoms with Crippen LogP contribution >= 0.6 is 0 Å². The van der Waals surface area contributed by atoms with E-state index in [1.807, 2.05) is 0 Å². The Hall–Kier alpha value is -1.30. The second-order valence-electron chi connectivity index (χ2n) is 2.90. The number of piperidine rings is 1. The normalized spacial score (nSPS) is 20.5. The van der Waals surface area contributed by atoms with Crippen LogP contribution < -0.4 is 0 Å². The van der Waals surface area contributed by atoms with Crippen LogP contribution in [0.3, 0.4) is 0 Å². The predicted octanol–water partition coefficient (Wildman–Crippen LogP) is 0.200. The Balaban J connectivity index is 2.64. The third-order valence-corrected chi connectivity index (χ3v) is 2.01. The van der Waals surface area contributed by atoms with E-state index < -0.39 is 0 Å². The van der Waals surface area contributed by atoms with Gasteiger partial charge < -0.3 is 4.90 Å². The maximum absolute atomic E-state index is 11.2. The number of carbonyl (C=O) groups is 2. The molecule has 0 radical (unpaired) electrons. The monoisotopic (exact) mass is 165 g/mol. The van der Waals surface area contributed by atoms with Crippen LogP contribution in [0.5, 0.6) is 0 Å². The molecule has 12 heavy (non-hydrogen) atoms. The minimum atomic E-state index is -0.189. The molecule has 1 atom stereocenters. The maximum Gasteiger partial charge on any atom is 0.231 e. The van der Waals surface area contributed by atoms with Crippen molar-refractivity contribution < 1.29 is 9.59 Å². The van der Waals surface area contributed by atoms with E-state index in [4.69, 9.17) is 6.42 Å². The van der Waals surface area contributed by atoms with Crippen molar-refractivity contribution in [3.05, 3.63) is 0 Å². The predicted molar refractivity (Wildman–Crippen MR) is 44.2 cm³/mol. The summed E-state index contributed by atoms with van der Waals surface area (Å²) in [5.41, 5.74) is 0. The number of rotatable bonds is 1. The van der Waals surface area contributed by atoms with Crippen LogP contribution in [0.15, 0.2) is 0 Å². The Labute approximate surface area is 71.7 Å². The molecule has 0 aliphatic carbocycles. The minimum absolute atomic E-state index is 0.0143. The Bertz CT molecular complexity index is 252. The summed E-state index contributed by atoms with van der Waals surface area (Å²) in [6, 6.07) is -0.189. The minimum Gasteiger partial charge on any atom is -0.328 e. The van der Waals surface area contributed by atoms with E-state index >= 15 is 0 Å². The average Bonchev–Trinajstić information content (AvgIpc) is 2.03. The van der Waals surface area contributed by atoms with Crippen molar-refractivity contribution >= 4 is 11.7 Å². The molecule has 0 N–H and O–H groups in total. The van der Waals surface area contributed by atoms with E-state index in [2.05, 4.69) is 5.92 Å². The summed E-state index contributed by atoms with van der Waals surface area (Å²) < 4.78 is 0. The molecule has 1 saturated heterocycles. The molecule has 1 rings (SSSR count). The van der Waals surface area contributed by atoms with E-state index in [9.17, 15) is 9.59 Å². The summed E-state index contributed by atoms with van der Waals surface area (Å²) in [6.07, 6.45) is 5.63. The molecule has 1 aliphatic rings. The van der Waals surface area contributed by atoms with Gasteiger partial charge in [-0.1, -0.05) is 5.92 Å². The van der Waals surface area contributed by atoms with E-state index in [1.54, 1.807) is 11.8 Å². The lowest BCUT2D eigenvalue weighted by molar-refractivity contribution is -0.140. The molecule has 3 nitrogen and oxygen atoms in total. The lowest BCUT2D eigenvalue weighted by Crippen LogP contribution is -2.43. The third kappa shape index (κ3) is 1.65. The largest absolute Gasteiger partial charge is 0.328 e. The summed E-state index contributed by atoms with van der Waals surface area (Å²) in [5.74, 6) is 2.35. The number of terminal acetylenes is 1. The molecule has 1 amide bonds. The lowest BCUT2D eigenvalue weighted by atomic mass is 10.1. The molecule has 0 bridgehead atoms. The molecule has 0 spiro atoms. The van der Waals surface area contributed by atoms with Gasteiger partial charge in [0.2, 0.25) is 5.91 Å². The molecule has 0 aromatic carbocycles. The zero-order valence-electron chi connectivity index (χ0n) is 7.04. The summed E-state index contributed by atoms with van der Waals surface area (Å²) >= 11 is 0. The fourth-order valence-corrected chi connectivity index (χ4v) is 1.23. The van der Waals surface area contributed by atoms with Crippen molar-refractivity contribution in [1.82, 2.24) is 4.90 Å². The smallest absolute Gasteiger partial charge is 0.231 e. The number of likely N-dealkylation sites (tertiary alicyclic amines) is 1. The van der Waals surface area contributed by atoms with Gasteiger partial charge in [-0.25, -0.2) is 0 Å². The summed E-state index contributed by atoms with van der Waals surface area (Å²) in [4.78, 5) is 23.6.